The lowest BCUT2D eigenvalue weighted by Gasteiger charge is -2.18. The third-order valence-corrected chi connectivity index (χ3v) is 4.15. The number of benzene rings is 1. The molecule has 1 fully saturated rings. The fourth-order valence-electron chi connectivity index (χ4n) is 2.89. The maximum absolute atomic E-state index is 12.2. The van der Waals surface area contributed by atoms with Crippen molar-refractivity contribution in [1.82, 2.24) is 10.2 Å². The van der Waals surface area contributed by atoms with E-state index in [0.717, 1.165) is 30.0 Å². The SMILES string of the molecule is CN(Cc1ccc2c(c1)OCO2)C(=O)CCC1CCCN1. The van der Waals surface area contributed by atoms with Gasteiger partial charge in [-0.25, -0.2) is 0 Å². The van der Waals surface area contributed by atoms with Gasteiger partial charge in [0, 0.05) is 26.1 Å². The van der Waals surface area contributed by atoms with Crippen LogP contribution in [0.1, 0.15) is 31.2 Å². The summed E-state index contributed by atoms with van der Waals surface area (Å²) in [6, 6.07) is 6.35. The first-order chi connectivity index (χ1) is 10.2. The van der Waals surface area contributed by atoms with Crippen LogP contribution in [0.25, 0.3) is 0 Å². The Kier molecular flexibility index (Phi) is 4.29. The number of nitrogens with one attached hydrogen (secondary N) is 1. The van der Waals surface area contributed by atoms with Gasteiger partial charge in [-0.05, 0) is 43.5 Å². The lowest BCUT2D eigenvalue weighted by Crippen LogP contribution is -2.29. The number of hydrogen-bond donors (Lipinski definition) is 1. The van der Waals surface area contributed by atoms with Crippen LogP contribution in [0.3, 0.4) is 0 Å². The summed E-state index contributed by atoms with van der Waals surface area (Å²) < 4.78 is 10.7. The molecule has 2 aliphatic heterocycles. The highest BCUT2D eigenvalue weighted by molar-refractivity contribution is 5.75. The second-order valence-electron chi connectivity index (χ2n) is 5.77. The van der Waals surface area contributed by atoms with Gasteiger partial charge in [0.05, 0.1) is 0 Å². The van der Waals surface area contributed by atoms with Crippen molar-refractivity contribution in [1.29, 1.82) is 0 Å². The van der Waals surface area contributed by atoms with Crippen molar-refractivity contribution in [3.05, 3.63) is 23.8 Å². The molecule has 5 nitrogen and oxygen atoms in total. The standard InChI is InChI=1S/C16H22N2O3/c1-18(16(19)7-5-13-3-2-8-17-13)10-12-4-6-14-15(9-12)21-11-20-14/h4,6,9,13,17H,2-3,5,7-8,10-11H2,1H3. The van der Waals surface area contributed by atoms with Crippen molar-refractivity contribution in [2.24, 2.45) is 0 Å². The van der Waals surface area contributed by atoms with E-state index < -0.39 is 0 Å². The fourth-order valence-corrected chi connectivity index (χ4v) is 2.89. The number of nitrogens with zero attached hydrogens (tertiary/aromatic N) is 1. The molecule has 0 aromatic heterocycles. The highest BCUT2D eigenvalue weighted by Crippen LogP contribution is 2.32. The van der Waals surface area contributed by atoms with E-state index in [1.54, 1.807) is 4.90 Å². The Hall–Kier alpha value is -1.75. The lowest BCUT2D eigenvalue weighted by atomic mass is 10.1. The van der Waals surface area contributed by atoms with E-state index in [1.165, 1.54) is 12.8 Å². The van der Waals surface area contributed by atoms with Gasteiger partial charge in [0.2, 0.25) is 12.7 Å². The Morgan fingerprint density at radius 3 is 3.05 bits per heavy atom. The quantitative estimate of drug-likeness (QED) is 0.900. The minimum atomic E-state index is 0.196. The third kappa shape index (κ3) is 3.47. The minimum absolute atomic E-state index is 0.196. The normalized spacial score (nSPS) is 19.8. The first-order valence-corrected chi connectivity index (χ1v) is 7.58. The van der Waals surface area contributed by atoms with Crippen LogP contribution in [0.2, 0.25) is 0 Å². The van der Waals surface area contributed by atoms with E-state index in [0.29, 0.717) is 19.0 Å². The van der Waals surface area contributed by atoms with Crippen LogP contribution >= 0.6 is 0 Å². The molecule has 5 heteroatoms. The van der Waals surface area contributed by atoms with Gasteiger partial charge >= 0.3 is 0 Å². The second-order valence-corrected chi connectivity index (χ2v) is 5.77. The predicted octanol–water partition coefficient (Wildman–Crippen LogP) is 1.91. The molecule has 0 saturated carbocycles. The Labute approximate surface area is 125 Å². The van der Waals surface area contributed by atoms with Crippen LogP contribution in [0, 0.1) is 0 Å². The van der Waals surface area contributed by atoms with E-state index in [1.807, 2.05) is 25.2 Å². The van der Waals surface area contributed by atoms with E-state index in [4.69, 9.17) is 9.47 Å². The van der Waals surface area contributed by atoms with Crippen LogP contribution in [0.5, 0.6) is 11.5 Å². The average Bonchev–Trinajstić information content (AvgIpc) is 3.15. The summed E-state index contributed by atoms with van der Waals surface area (Å²) in [6.07, 6.45) is 3.97. The van der Waals surface area contributed by atoms with Crippen LogP contribution < -0.4 is 14.8 Å². The molecule has 1 atom stereocenters. The molecule has 0 aliphatic carbocycles. The number of carbonyl (C=O) groups excluding carboxylic acids is 1. The third-order valence-electron chi connectivity index (χ3n) is 4.15. The Morgan fingerprint density at radius 2 is 2.24 bits per heavy atom. The Balaban J connectivity index is 1.50. The number of ether oxygens (including phenoxy) is 2. The Bertz CT molecular complexity index is 512. The first-order valence-electron chi connectivity index (χ1n) is 7.58. The topological polar surface area (TPSA) is 50.8 Å². The molecule has 1 N–H and O–H groups in total. The molecule has 1 aromatic carbocycles. The molecule has 2 aliphatic rings. The van der Waals surface area contributed by atoms with Crippen molar-refractivity contribution >= 4 is 5.91 Å². The van der Waals surface area contributed by atoms with Gasteiger partial charge in [0.15, 0.2) is 11.5 Å². The number of rotatable bonds is 5. The summed E-state index contributed by atoms with van der Waals surface area (Å²) in [7, 11) is 1.86. The van der Waals surface area contributed by atoms with E-state index in [-0.39, 0.29) is 12.7 Å². The lowest BCUT2D eigenvalue weighted by molar-refractivity contribution is -0.130. The van der Waals surface area contributed by atoms with Crippen molar-refractivity contribution in [3.63, 3.8) is 0 Å². The zero-order valence-electron chi connectivity index (χ0n) is 12.4. The molecule has 1 unspecified atom stereocenters. The molecule has 114 valence electrons. The van der Waals surface area contributed by atoms with Gasteiger partial charge in [-0.15, -0.1) is 0 Å². The summed E-state index contributed by atoms with van der Waals surface area (Å²) in [4.78, 5) is 14.0. The van der Waals surface area contributed by atoms with E-state index >= 15 is 0 Å². The van der Waals surface area contributed by atoms with Crippen molar-refractivity contribution in [2.45, 2.75) is 38.3 Å². The maximum Gasteiger partial charge on any atom is 0.231 e. The highest BCUT2D eigenvalue weighted by Gasteiger charge is 2.18. The zero-order chi connectivity index (χ0) is 14.7. The van der Waals surface area contributed by atoms with Gasteiger partial charge < -0.3 is 19.7 Å². The summed E-state index contributed by atoms with van der Waals surface area (Å²) in [5, 5.41) is 3.43. The summed E-state index contributed by atoms with van der Waals surface area (Å²) in [5.41, 5.74) is 1.06. The van der Waals surface area contributed by atoms with Crippen molar-refractivity contribution in [2.75, 3.05) is 20.4 Å². The maximum atomic E-state index is 12.2. The second kappa shape index (κ2) is 6.35. The van der Waals surface area contributed by atoms with Gasteiger partial charge in [0.25, 0.3) is 0 Å². The summed E-state index contributed by atoms with van der Waals surface area (Å²) in [5.74, 6) is 1.74. The summed E-state index contributed by atoms with van der Waals surface area (Å²) in [6.45, 7) is 1.97. The number of hydrogen-bond acceptors (Lipinski definition) is 4. The molecule has 1 saturated heterocycles. The highest BCUT2D eigenvalue weighted by atomic mass is 16.7. The molecule has 21 heavy (non-hydrogen) atoms. The molecular weight excluding hydrogens is 268 g/mol. The van der Waals surface area contributed by atoms with Crippen LogP contribution in [0.4, 0.5) is 0 Å². The van der Waals surface area contributed by atoms with E-state index in [2.05, 4.69) is 5.32 Å². The van der Waals surface area contributed by atoms with Crippen molar-refractivity contribution in [3.8, 4) is 11.5 Å². The van der Waals surface area contributed by atoms with Gasteiger partial charge in [-0.3, -0.25) is 4.79 Å². The van der Waals surface area contributed by atoms with Gasteiger partial charge in [-0.1, -0.05) is 6.07 Å². The van der Waals surface area contributed by atoms with Crippen LogP contribution in [0.15, 0.2) is 18.2 Å². The number of carbonyl (C=O) groups is 1. The summed E-state index contributed by atoms with van der Waals surface area (Å²) >= 11 is 0. The Morgan fingerprint density at radius 1 is 1.38 bits per heavy atom. The molecule has 0 radical (unpaired) electrons. The molecule has 0 bridgehead atoms. The van der Waals surface area contributed by atoms with Crippen molar-refractivity contribution < 1.29 is 14.3 Å². The van der Waals surface area contributed by atoms with Gasteiger partial charge in [-0.2, -0.15) is 0 Å². The molecule has 3 rings (SSSR count). The molecule has 2 heterocycles. The number of fused-ring (bicyclic) bond motifs is 1. The van der Waals surface area contributed by atoms with E-state index in [9.17, 15) is 4.79 Å². The predicted molar refractivity (Wildman–Crippen MR) is 79.3 cm³/mol. The molecule has 1 amide bonds. The fraction of sp³-hybridized carbons (Fsp3) is 0.562. The van der Waals surface area contributed by atoms with Crippen LogP contribution in [-0.4, -0.2) is 37.2 Å². The molecule has 0 spiro atoms. The first kappa shape index (κ1) is 14.2. The molecule has 1 aromatic rings. The van der Waals surface area contributed by atoms with Gasteiger partial charge in [0.1, 0.15) is 0 Å². The van der Waals surface area contributed by atoms with Crippen LogP contribution in [-0.2, 0) is 11.3 Å². The number of amides is 1. The zero-order valence-corrected chi connectivity index (χ0v) is 12.4. The molecular formula is C16H22N2O3. The average molecular weight is 290 g/mol. The largest absolute Gasteiger partial charge is 0.454 e. The monoisotopic (exact) mass is 290 g/mol. The minimum Gasteiger partial charge on any atom is -0.454 e. The smallest absolute Gasteiger partial charge is 0.231 e.